The third kappa shape index (κ3) is 3.78. The van der Waals surface area contributed by atoms with Crippen LogP contribution in [0.25, 0.3) is 0 Å². The van der Waals surface area contributed by atoms with Crippen LogP contribution in [0.15, 0.2) is 24.3 Å². The number of rotatable bonds is 2. The molecule has 0 bridgehead atoms. The molecule has 1 heterocycles. The van der Waals surface area contributed by atoms with E-state index in [1.54, 1.807) is 11.9 Å². The predicted molar refractivity (Wildman–Crippen MR) is 84.5 cm³/mol. The fourth-order valence-electron chi connectivity index (χ4n) is 2.69. The minimum Gasteiger partial charge on any atom is -0.444 e. The first-order chi connectivity index (χ1) is 10.3. The first kappa shape index (κ1) is 16.3. The minimum atomic E-state index is -0.550. The third-order valence-corrected chi connectivity index (χ3v) is 3.70. The summed E-state index contributed by atoms with van der Waals surface area (Å²) in [7, 11) is 1.61. The quantitative estimate of drug-likeness (QED) is 0.914. The van der Waals surface area contributed by atoms with E-state index >= 15 is 0 Å². The highest BCUT2D eigenvalue weighted by atomic mass is 16.6. The van der Waals surface area contributed by atoms with Crippen molar-refractivity contribution in [3.05, 3.63) is 35.4 Å². The summed E-state index contributed by atoms with van der Waals surface area (Å²) < 4.78 is 5.49. The fraction of sp³-hybridized carbons (Fsp3) is 0.529. The molecular weight excluding hydrogens is 280 g/mol. The van der Waals surface area contributed by atoms with E-state index in [0.29, 0.717) is 6.54 Å². The Morgan fingerprint density at radius 1 is 1.32 bits per heavy atom. The first-order valence-corrected chi connectivity index (χ1v) is 7.60. The zero-order valence-electron chi connectivity index (χ0n) is 13.7. The first-order valence-electron chi connectivity index (χ1n) is 7.60. The topological polar surface area (TPSA) is 58.6 Å². The van der Waals surface area contributed by atoms with Crippen LogP contribution in [0.4, 0.5) is 4.79 Å². The molecule has 0 saturated carbocycles. The normalized spacial score (nSPS) is 17.6. The van der Waals surface area contributed by atoms with E-state index < -0.39 is 5.60 Å². The highest BCUT2D eigenvalue weighted by Crippen LogP contribution is 2.33. The maximum Gasteiger partial charge on any atom is 0.410 e. The van der Waals surface area contributed by atoms with Crippen molar-refractivity contribution in [2.45, 2.75) is 45.3 Å². The van der Waals surface area contributed by atoms with E-state index in [1.807, 2.05) is 39.0 Å². The molecule has 0 radical (unpaired) electrons. The van der Waals surface area contributed by atoms with Gasteiger partial charge in [0.05, 0.1) is 12.5 Å². The summed E-state index contributed by atoms with van der Waals surface area (Å²) in [5.41, 5.74) is 1.67. The average molecular weight is 304 g/mol. The molecule has 2 amide bonds. The van der Waals surface area contributed by atoms with E-state index in [9.17, 15) is 9.59 Å². The molecule has 5 nitrogen and oxygen atoms in total. The smallest absolute Gasteiger partial charge is 0.410 e. The second kappa shape index (κ2) is 6.38. The number of ether oxygens (including phenoxy) is 1. The number of carbonyl (C=O) groups excluding carboxylic acids is 2. The lowest BCUT2D eigenvalue weighted by Gasteiger charge is -2.37. The van der Waals surface area contributed by atoms with Crippen molar-refractivity contribution in [2.75, 3.05) is 13.6 Å². The zero-order valence-corrected chi connectivity index (χ0v) is 13.7. The summed E-state index contributed by atoms with van der Waals surface area (Å²) in [5.74, 6) is -0.0877. The predicted octanol–water partition coefficient (Wildman–Crippen LogP) is 2.66. The van der Waals surface area contributed by atoms with E-state index in [4.69, 9.17) is 4.74 Å². The van der Waals surface area contributed by atoms with Gasteiger partial charge in [-0.25, -0.2) is 4.79 Å². The lowest BCUT2D eigenvalue weighted by Crippen LogP contribution is -2.44. The Labute approximate surface area is 131 Å². The van der Waals surface area contributed by atoms with Crippen LogP contribution in [0, 0.1) is 0 Å². The zero-order chi connectivity index (χ0) is 16.3. The second-order valence-electron chi connectivity index (χ2n) is 6.52. The van der Waals surface area contributed by atoms with Gasteiger partial charge in [-0.3, -0.25) is 4.79 Å². The second-order valence-corrected chi connectivity index (χ2v) is 6.52. The maximum atomic E-state index is 12.5. The summed E-state index contributed by atoms with van der Waals surface area (Å²) >= 11 is 0. The van der Waals surface area contributed by atoms with Crippen LogP contribution in [-0.4, -0.2) is 36.1 Å². The van der Waals surface area contributed by atoms with Crippen molar-refractivity contribution < 1.29 is 14.3 Å². The van der Waals surface area contributed by atoms with Gasteiger partial charge in [-0.1, -0.05) is 24.3 Å². The summed E-state index contributed by atoms with van der Waals surface area (Å²) in [6, 6.07) is 7.69. The molecule has 120 valence electrons. The maximum absolute atomic E-state index is 12.5. The molecule has 22 heavy (non-hydrogen) atoms. The molecule has 1 atom stereocenters. The lowest BCUT2D eigenvalue weighted by molar-refractivity contribution is -0.121. The molecule has 2 rings (SSSR count). The Morgan fingerprint density at radius 3 is 2.64 bits per heavy atom. The highest BCUT2D eigenvalue weighted by Gasteiger charge is 2.34. The fourth-order valence-corrected chi connectivity index (χ4v) is 2.69. The van der Waals surface area contributed by atoms with Crippen molar-refractivity contribution in [3.63, 3.8) is 0 Å². The molecule has 1 aromatic rings. The van der Waals surface area contributed by atoms with E-state index in [2.05, 4.69) is 11.4 Å². The summed E-state index contributed by atoms with van der Waals surface area (Å²) in [6.45, 7) is 6.09. The average Bonchev–Trinajstić information content (AvgIpc) is 2.45. The van der Waals surface area contributed by atoms with Crippen LogP contribution in [0.1, 0.15) is 44.4 Å². The van der Waals surface area contributed by atoms with E-state index in [0.717, 1.165) is 12.0 Å². The molecule has 0 aliphatic carbocycles. The largest absolute Gasteiger partial charge is 0.444 e. The van der Waals surface area contributed by atoms with Crippen molar-refractivity contribution in [1.82, 2.24) is 10.2 Å². The van der Waals surface area contributed by atoms with Gasteiger partial charge in [0.15, 0.2) is 0 Å². The summed E-state index contributed by atoms with van der Waals surface area (Å²) in [6.07, 6.45) is 0.655. The Balaban J connectivity index is 2.29. The van der Waals surface area contributed by atoms with Crippen molar-refractivity contribution in [1.29, 1.82) is 0 Å². The van der Waals surface area contributed by atoms with Crippen molar-refractivity contribution in [2.24, 2.45) is 0 Å². The molecule has 1 aromatic carbocycles. The molecule has 0 saturated heterocycles. The number of nitrogens with zero attached hydrogens (tertiary/aromatic N) is 1. The van der Waals surface area contributed by atoms with Crippen LogP contribution >= 0.6 is 0 Å². The molecule has 5 heteroatoms. The van der Waals surface area contributed by atoms with Crippen molar-refractivity contribution >= 4 is 12.0 Å². The van der Waals surface area contributed by atoms with Crippen LogP contribution < -0.4 is 5.32 Å². The number of fused-ring (bicyclic) bond motifs is 1. The van der Waals surface area contributed by atoms with E-state index in [1.165, 1.54) is 5.56 Å². The number of carbonyl (C=O) groups is 2. The van der Waals surface area contributed by atoms with Gasteiger partial charge >= 0.3 is 6.09 Å². The van der Waals surface area contributed by atoms with Crippen molar-refractivity contribution in [3.8, 4) is 0 Å². The highest BCUT2D eigenvalue weighted by molar-refractivity contribution is 5.78. The molecule has 1 unspecified atom stereocenters. The Kier molecular flexibility index (Phi) is 4.74. The van der Waals surface area contributed by atoms with Crippen LogP contribution in [0.3, 0.4) is 0 Å². The van der Waals surface area contributed by atoms with Gasteiger partial charge in [-0.05, 0) is 38.3 Å². The van der Waals surface area contributed by atoms with Gasteiger partial charge in [-0.2, -0.15) is 0 Å². The van der Waals surface area contributed by atoms with Gasteiger partial charge in [0, 0.05) is 13.6 Å². The lowest BCUT2D eigenvalue weighted by atomic mass is 9.91. The molecule has 1 aliphatic heterocycles. The summed E-state index contributed by atoms with van der Waals surface area (Å²) in [4.78, 5) is 26.0. The van der Waals surface area contributed by atoms with Gasteiger partial charge in [0.1, 0.15) is 5.60 Å². The van der Waals surface area contributed by atoms with Gasteiger partial charge in [0.25, 0.3) is 0 Å². The number of hydrogen-bond acceptors (Lipinski definition) is 3. The number of amides is 2. The number of nitrogens with one attached hydrogen (secondary N) is 1. The van der Waals surface area contributed by atoms with E-state index in [-0.39, 0.29) is 24.5 Å². The molecule has 1 aliphatic rings. The molecular formula is C17H24N2O3. The summed E-state index contributed by atoms with van der Waals surface area (Å²) in [5, 5.41) is 2.63. The Morgan fingerprint density at radius 2 is 2.00 bits per heavy atom. The minimum absolute atomic E-state index is 0.0877. The Hall–Kier alpha value is -2.04. The molecule has 0 aromatic heterocycles. The van der Waals surface area contributed by atoms with Crippen LogP contribution in [-0.2, 0) is 16.0 Å². The number of benzene rings is 1. The number of hydrogen-bond donors (Lipinski definition) is 1. The van der Waals surface area contributed by atoms with Gasteiger partial charge < -0.3 is 15.0 Å². The molecule has 1 N–H and O–H groups in total. The molecule has 0 fully saturated rings. The monoisotopic (exact) mass is 304 g/mol. The SMILES string of the molecule is CNC(=O)CC1c2ccccc2CCN1C(=O)OC(C)(C)C. The van der Waals surface area contributed by atoms with Crippen LogP contribution in [0.5, 0.6) is 0 Å². The molecule has 0 spiro atoms. The Bertz CT molecular complexity index is 563. The van der Waals surface area contributed by atoms with Gasteiger partial charge in [-0.15, -0.1) is 0 Å². The standard InChI is InChI=1S/C17H24N2O3/c1-17(2,3)22-16(21)19-10-9-12-7-5-6-8-13(12)14(19)11-15(20)18-4/h5-8,14H,9-11H2,1-4H3,(H,18,20). The van der Waals surface area contributed by atoms with Crippen LogP contribution in [0.2, 0.25) is 0 Å². The van der Waals surface area contributed by atoms with Gasteiger partial charge in [0.2, 0.25) is 5.91 Å². The third-order valence-electron chi connectivity index (χ3n) is 3.70.